The van der Waals surface area contributed by atoms with Crippen LogP contribution in [0.1, 0.15) is 0 Å². The standard InChI is InChI=1S/C14H11N5O/c1-20-9-3-10-11(6-17-13(10)16-5-9)8-2-12-14(15-4-8)19-7-18-12/h2-7H,1H3,(H,16,17)(H,15,18,19). The largest absolute Gasteiger partial charge is 0.495 e. The number of methoxy groups -OCH3 is 1. The van der Waals surface area contributed by atoms with E-state index < -0.39 is 0 Å². The summed E-state index contributed by atoms with van der Waals surface area (Å²) in [5.41, 5.74) is 4.49. The second kappa shape index (κ2) is 4.06. The van der Waals surface area contributed by atoms with Crippen LogP contribution in [0.2, 0.25) is 0 Å². The summed E-state index contributed by atoms with van der Waals surface area (Å²) < 4.78 is 5.23. The van der Waals surface area contributed by atoms with E-state index in [1.165, 1.54) is 0 Å². The Morgan fingerprint density at radius 2 is 2.00 bits per heavy atom. The van der Waals surface area contributed by atoms with Crippen molar-refractivity contribution in [1.82, 2.24) is 24.9 Å². The maximum Gasteiger partial charge on any atom is 0.177 e. The Labute approximate surface area is 113 Å². The van der Waals surface area contributed by atoms with Crippen LogP contribution in [-0.2, 0) is 0 Å². The summed E-state index contributed by atoms with van der Waals surface area (Å²) in [4.78, 5) is 19.0. The number of nitrogens with one attached hydrogen (secondary N) is 2. The molecule has 0 unspecified atom stereocenters. The Bertz CT molecular complexity index is 908. The molecule has 4 aromatic rings. The lowest BCUT2D eigenvalue weighted by Gasteiger charge is -2.01. The minimum Gasteiger partial charge on any atom is -0.495 e. The average molecular weight is 265 g/mol. The molecule has 0 atom stereocenters. The SMILES string of the molecule is COc1cnc2[nH]cc(-c3cnc4nc[nH]c4c3)c2c1. The molecule has 6 heteroatoms. The molecule has 0 aliphatic carbocycles. The summed E-state index contributed by atoms with van der Waals surface area (Å²) in [6, 6.07) is 3.99. The number of nitrogens with zero attached hydrogens (tertiary/aromatic N) is 3. The van der Waals surface area contributed by atoms with E-state index in [1.807, 2.05) is 24.5 Å². The van der Waals surface area contributed by atoms with Crippen molar-refractivity contribution in [1.29, 1.82) is 0 Å². The van der Waals surface area contributed by atoms with Crippen molar-refractivity contribution in [2.24, 2.45) is 0 Å². The molecule has 4 aromatic heterocycles. The van der Waals surface area contributed by atoms with Gasteiger partial charge in [-0.1, -0.05) is 0 Å². The molecule has 98 valence electrons. The number of rotatable bonds is 2. The predicted molar refractivity (Wildman–Crippen MR) is 75.5 cm³/mol. The van der Waals surface area contributed by atoms with Gasteiger partial charge < -0.3 is 14.7 Å². The lowest BCUT2D eigenvalue weighted by Crippen LogP contribution is -1.85. The van der Waals surface area contributed by atoms with Gasteiger partial charge >= 0.3 is 0 Å². The molecule has 0 fully saturated rings. The van der Waals surface area contributed by atoms with Crippen LogP contribution in [0.3, 0.4) is 0 Å². The van der Waals surface area contributed by atoms with E-state index in [1.54, 1.807) is 19.6 Å². The molecule has 4 rings (SSSR count). The van der Waals surface area contributed by atoms with E-state index in [2.05, 4.69) is 24.9 Å². The summed E-state index contributed by atoms with van der Waals surface area (Å²) in [6.45, 7) is 0. The van der Waals surface area contributed by atoms with Crippen LogP contribution < -0.4 is 4.74 Å². The monoisotopic (exact) mass is 265 g/mol. The van der Waals surface area contributed by atoms with E-state index in [0.717, 1.165) is 33.4 Å². The third-order valence-electron chi connectivity index (χ3n) is 3.33. The maximum atomic E-state index is 5.23. The first-order valence-electron chi connectivity index (χ1n) is 6.16. The van der Waals surface area contributed by atoms with Crippen LogP contribution in [0.4, 0.5) is 0 Å². The number of fused-ring (bicyclic) bond motifs is 2. The molecule has 6 nitrogen and oxygen atoms in total. The number of hydrogen-bond donors (Lipinski definition) is 2. The van der Waals surface area contributed by atoms with Crippen molar-refractivity contribution in [2.75, 3.05) is 7.11 Å². The second-order valence-electron chi connectivity index (χ2n) is 4.47. The normalized spacial score (nSPS) is 11.2. The highest BCUT2D eigenvalue weighted by atomic mass is 16.5. The zero-order valence-corrected chi connectivity index (χ0v) is 10.7. The van der Waals surface area contributed by atoms with Crippen molar-refractivity contribution in [2.45, 2.75) is 0 Å². The number of aromatic nitrogens is 5. The Kier molecular flexibility index (Phi) is 2.23. The Morgan fingerprint density at radius 1 is 1.05 bits per heavy atom. The van der Waals surface area contributed by atoms with Crippen LogP contribution >= 0.6 is 0 Å². The Balaban J connectivity index is 1.96. The molecule has 0 bridgehead atoms. The zero-order chi connectivity index (χ0) is 13.5. The fourth-order valence-electron chi connectivity index (χ4n) is 2.31. The van der Waals surface area contributed by atoms with Gasteiger partial charge in [0.15, 0.2) is 5.65 Å². The van der Waals surface area contributed by atoms with Crippen LogP contribution in [0.5, 0.6) is 5.75 Å². The minimum absolute atomic E-state index is 0.712. The van der Waals surface area contributed by atoms with Gasteiger partial charge in [0.2, 0.25) is 0 Å². The van der Waals surface area contributed by atoms with Crippen molar-refractivity contribution in [3.05, 3.63) is 37.1 Å². The van der Waals surface area contributed by atoms with Crippen LogP contribution in [0.25, 0.3) is 33.3 Å². The topological polar surface area (TPSA) is 79.5 Å². The van der Waals surface area contributed by atoms with Crippen LogP contribution in [-0.4, -0.2) is 32.0 Å². The molecule has 0 amide bonds. The molecule has 0 aliphatic heterocycles. The van der Waals surface area contributed by atoms with Gasteiger partial charge in [-0.3, -0.25) is 0 Å². The molecule has 0 radical (unpaired) electrons. The molecule has 0 saturated carbocycles. The smallest absolute Gasteiger partial charge is 0.177 e. The van der Waals surface area contributed by atoms with Crippen molar-refractivity contribution < 1.29 is 4.74 Å². The van der Waals surface area contributed by atoms with E-state index in [4.69, 9.17) is 4.74 Å². The van der Waals surface area contributed by atoms with Gasteiger partial charge in [-0.25, -0.2) is 15.0 Å². The van der Waals surface area contributed by atoms with E-state index >= 15 is 0 Å². The molecular weight excluding hydrogens is 254 g/mol. The molecule has 0 aromatic carbocycles. The first-order chi connectivity index (χ1) is 9.85. The van der Waals surface area contributed by atoms with E-state index in [0.29, 0.717) is 5.65 Å². The highest BCUT2D eigenvalue weighted by molar-refractivity contribution is 5.95. The summed E-state index contributed by atoms with van der Waals surface area (Å²) in [7, 11) is 1.63. The fourth-order valence-corrected chi connectivity index (χ4v) is 2.31. The third-order valence-corrected chi connectivity index (χ3v) is 3.33. The highest BCUT2D eigenvalue weighted by Crippen LogP contribution is 2.30. The van der Waals surface area contributed by atoms with Crippen LogP contribution in [0.15, 0.2) is 37.1 Å². The average Bonchev–Trinajstić information content (AvgIpc) is 3.11. The van der Waals surface area contributed by atoms with E-state index in [-0.39, 0.29) is 0 Å². The molecule has 20 heavy (non-hydrogen) atoms. The quantitative estimate of drug-likeness (QED) is 0.583. The second-order valence-corrected chi connectivity index (χ2v) is 4.47. The first-order valence-corrected chi connectivity index (χ1v) is 6.16. The number of hydrogen-bond acceptors (Lipinski definition) is 4. The predicted octanol–water partition coefficient (Wildman–Crippen LogP) is 2.51. The number of pyridine rings is 2. The number of ether oxygens (including phenoxy) is 1. The maximum absolute atomic E-state index is 5.23. The van der Waals surface area contributed by atoms with Gasteiger partial charge in [-0.2, -0.15) is 0 Å². The molecule has 0 spiro atoms. The fraction of sp³-hybridized carbons (Fsp3) is 0.0714. The van der Waals surface area contributed by atoms with Crippen molar-refractivity contribution in [3.63, 3.8) is 0 Å². The van der Waals surface area contributed by atoms with E-state index in [9.17, 15) is 0 Å². The molecule has 2 N–H and O–H groups in total. The van der Waals surface area contributed by atoms with Gasteiger partial charge in [-0.15, -0.1) is 0 Å². The van der Waals surface area contributed by atoms with Crippen molar-refractivity contribution in [3.8, 4) is 16.9 Å². The summed E-state index contributed by atoms with van der Waals surface area (Å²) in [5.74, 6) is 0.730. The van der Waals surface area contributed by atoms with Gasteiger partial charge in [0.1, 0.15) is 11.4 Å². The highest BCUT2D eigenvalue weighted by Gasteiger charge is 2.10. The zero-order valence-electron chi connectivity index (χ0n) is 10.7. The lowest BCUT2D eigenvalue weighted by molar-refractivity contribution is 0.414. The van der Waals surface area contributed by atoms with Gasteiger partial charge in [0.05, 0.1) is 25.2 Å². The number of aromatic amines is 2. The first kappa shape index (κ1) is 11.0. The molecule has 0 aliphatic rings. The van der Waals surface area contributed by atoms with Crippen LogP contribution in [0, 0.1) is 0 Å². The third kappa shape index (κ3) is 1.55. The molecular formula is C14H11N5O. The van der Waals surface area contributed by atoms with Crippen molar-refractivity contribution >= 4 is 22.2 Å². The Morgan fingerprint density at radius 3 is 2.90 bits per heavy atom. The summed E-state index contributed by atoms with van der Waals surface area (Å²) in [6.07, 6.45) is 7.07. The summed E-state index contributed by atoms with van der Waals surface area (Å²) >= 11 is 0. The lowest BCUT2D eigenvalue weighted by atomic mass is 10.1. The van der Waals surface area contributed by atoms with Gasteiger partial charge in [0, 0.05) is 28.9 Å². The molecule has 4 heterocycles. The minimum atomic E-state index is 0.712. The van der Waals surface area contributed by atoms with Gasteiger partial charge in [-0.05, 0) is 12.1 Å². The Hall–Kier alpha value is -2.89. The van der Waals surface area contributed by atoms with Gasteiger partial charge in [0.25, 0.3) is 0 Å². The number of H-pyrrole nitrogens is 2. The summed E-state index contributed by atoms with van der Waals surface area (Å²) in [5, 5.41) is 1.00. The molecule has 0 saturated heterocycles. The number of imidazole rings is 1.